The van der Waals surface area contributed by atoms with Gasteiger partial charge in [0.25, 0.3) is 0 Å². The van der Waals surface area contributed by atoms with Gasteiger partial charge in [-0.3, -0.25) is 38.4 Å². The number of ether oxygens (including phenoxy) is 2. The molecule has 16 aliphatic carbocycles. The van der Waals surface area contributed by atoms with Crippen LogP contribution in [0.15, 0.2) is 99.2 Å². The zero-order valence-electron chi connectivity index (χ0n) is 93.3. The molecule has 0 aromatic carbocycles. The normalized spacial score (nSPS) is 40.2. The van der Waals surface area contributed by atoms with Crippen molar-refractivity contribution in [3.8, 4) is 6.07 Å². The number of nitriles is 1. The third kappa shape index (κ3) is 19.0. The monoisotopic (exact) mass is 1980 g/mol. The van der Waals surface area contributed by atoms with Crippen molar-refractivity contribution in [1.82, 2.24) is 30.2 Å². The first-order valence-electron chi connectivity index (χ1n) is 52.9. The lowest BCUT2D eigenvalue weighted by molar-refractivity contribution is -0.152. The van der Waals surface area contributed by atoms with Crippen LogP contribution in [0, 0.1) is 163 Å². The highest BCUT2D eigenvalue weighted by Gasteiger charge is 2.74. The number of hydrogen-bond acceptors (Lipinski definition) is 15. The molecule has 6 amide bonds. The van der Waals surface area contributed by atoms with Crippen LogP contribution in [0.3, 0.4) is 0 Å². The Hall–Kier alpha value is -7.48. The van der Waals surface area contributed by atoms with Crippen LogP contribution in [0.4, 0.5) is 0 Å². The van der Waals surface area contributed by atoms with Gasteiger partial charge in [-0.15, -0.1) is 11.6 Å². The molecule has 30 unspecified atom stereocenters. The summed E-state index contributed by atoms with van der Waals surface area (Å²) in [6, 6.07) is 4.31. The van der Waals surface area contributed by atoms with Crippen LogP contribution in [0.25, 0.3) is 0 Å². The van der Waals surface area contributed by atoms with E-state index in [2.05, 4.69) is 247 Å². The Balaban J connectivity index is 0.000000180. The first-order valence-corrected chi connectivity index (χ1v) is 53.4. The molecular weight excluding hydrogens is 1790 g/mol. The summed E-state index contributed by atoms with van der Waals surface area (Å²) in [5, 5.41) is 35.0. The quantitative estimate of drug-likeness (QED) is 0.0430. The number of carboxylic acids is 1. The first kappa shape index (κ1) is 117. The van der Waals surface area contributed by atoms with E-state index in [0.29, 0.717) is 87.6 Å². The molecule has 30 atom stereocenters. The zero-order chi connectivity index (χ0) is 108. The molecule has 0 heterocycles. The summed E-state index contributed by atoms with van der Waals surface area (Å²) in [5.41, 5.74) is 10.2. The Labute approximate surface area is 854 Å². The highest BCUT2D eigenvalue weighted by atomic mass is 35.5. The van der Waals surface area contributed by atoms with Crippen molar-refractivity contribution in [3.05, 3.63) is 99.2 Å². The highest BCUT2D eigenvalue weighted by molar-refractivity contribution is 6.21. The van der Waals surface area contributed by atoms with E-state index in [1.807, 2.05) is 30.7 Å². The van der Waals surface area contributed by atoms with Gasteiger partial charge in [-0.05, 0) is 305 Å². The Morgan fingerprint density at radius 2 is 0.823 bits per heavy atom. The molecule has 16 fully saturated rings. The topological polar surface area (TPSA) is 316 Å². The number of alkyl halides is 1. The van der Waals surface area contributed by atoms with Crippen LogP contribution in [-0.2, 0) is 57.4 Å². The van der Waals surface area contributed by atoms with Crippen molar-refractivity contribution in [2.45, 2.75) is 396 Å². The molecule has 16 aliphatic rings. The number of esters is 2. The fourth-order valence-corrected chi connectivity index (χ4v) is 33.6. The van der Waals surface area contributed by atoms with Crippen LogP contribution >= 0.6 is 11.6 Å². The van der Waals surface area contributed by atoms with Gasteiger partial charge in [0.2, 0.25) is 35.4 Å². The number of ketones is 1. The maximum atomic E-state index is 12.5. The van der Waals surface area contributed by atoms with Gasteiger partial charge < -0.3 is 55.7 Å². The van der Waals surface area contributed by atoms with Crippen molar-refractivity contribution in [2.75, 3.05) is 27.2 Å². The molecule has 0 aliphatic heterocycles. The molecule has 141 heavy (non-hydrogen) atoms. The summed E-state index contributed by atoms with van der Waals surface area (Å²) >= 11 is 6.39. The lowest BCUT2D eigenvalue weighted by atomic mass is 9.68. The summed E-state index contributed by atoms with van der Waals surface area (Å²) in [6.07, 6.45) is 22.8. The van der Waals surface area contributed by atoms with Crippen molar-refractivity contribution < 1.29 is 67.6 Å². The summed E-state index contributed by atoms with van der Waals surface area (Å²) in [7, 11) is 3.73. The number of aliphatic carboxylic acids is 1. The smallest absolute Gasteiger partial charge is 0.333 e. The van der Waals surface area contributed by atoms with Crippen molar-refractivity contribution in [1.29, 1.82) is 5.26 Å². The summed E-state index contributed by atoms with van der Waals surface area (Å²) in [4.78, 5) is 126. The Bertz CT molecular complexity index is 4880. The van der Waals surface area contributed by atoms with Gasteiger partial charge in [0.15, 0.2) is 0 Å². The number of nitrogens with two attached hydrogens (primary N) is 1. The average molecular weight is 1980 g/mol. The van der Waals surface area contributed by atoms with Crippen LogP contribution in [0.1, 0.15) is 330 Å². The zero-order valence-corrected chi connectivity index (χ0v) is 94.1. The van der Waals surface area contributed by atoms with E-state index < -0.39 is 5.97 Å². The Kier molecular flexibility index (Phi) is 33.7. The number of rotatable bonds is 20. The number of amides is 6. The minimum absolute atomic E-state index is 0.00905. The standard InChI is InChI=1S/C18H29NO2.C16H27NO.C15H23NO3.C15H21NO2.C14H24N2O.C14H23NO.C13H20ClNO.C13H20O3/c1-8-19(16(21)11(2)3)15-9-14-13(12(4)20)10-18(15,7)17(14,5)6;1-7-17(14(18)11(2)3)13-10-12-8-9-16(13,6)15(12,4)5;1-6-12(17)16(5)11-7-10-9(13(18)19)8-15(11,4)14(10,2)3;1-9(2)13(17)18-12-6-11-10(8-16)7-15(12,5)14(11,3)4;1-8(2)12(17)16-11-6-9-10(15)7-14(11,5)13(9,3)4;1-6-12(16)15(5)11-9-10-7-8-14(11,4)13(10,2)3;1-5-11(16)15-10-6-8-9(14)7-13(10,4)12(8,2)3;1-5-11(15)16-10-6-8-9(14)7-13(10,4)12(8,2)3/h13-15H,2,8-10H2,1,3-7H3;12-13H,2,7-10H2,1,3-6H3;6,9-11H,1,7-8H2,2-5H3,(H,18,19);10-12H,1,6-7H2,2-5H3;9-11H,1,6-7,15H2,2-5H3,(H,16,17);6,10-11H,1,7-9H2,2-5H3;5,8-10H,1,6-7H2,2-4H3,(H,15,16);5,8-10,14H,1,6-7H2,2-4H3. The fourth-order valence-electron chi connectivity index (χ4n) is 32.9. The third-order valence-electron chi connectivity index (χ3n) is 45.8. The van der Waals surface area contributed by atoms with Crippen molar-refractivity contribution >= 4 is 70.7 Å². The number of fused-ring (bicyclic) bond motifs is 16. The predicted octanol–water partition coefficient (Wildman–Crippen LogP) is 21.6. The third-order valence-corrected chi connectivity index (χ3v) is 46.3. The number of carbonyl (C=O) groups excluding carboxylic acids is 9. The van der Waals surface area contributed by atoms with Crippen molar-refractivity contribution in [3.63, 3.8) is 0 Å². The molecule has 0 radical (unpaired) electrons. The summed E-state index contributed by atoms with van der Waals surface area (Å²) in [5.74, 6) is 2.72. The van der Waals surface area contributed by atoms with Gasteiger partial charge in [0, 0.05) is 120 Å². The average Bonchev–Trinajstić information content (AvgIpc) is 1.62. The van der Waals surface area contributed by atoms with Gasteiger partial charge in [0.05, 0.1) is 24.0 Å². The Morgan fingerprint density at radius 3 is 1.13 bits per heavy atom. The molecule has 23 heteroatoms. The molecule has 16 saturated carbocycles. The number of likely N-dealkylation sites (N-methyl/N-ethyl adjacent to an activating group) is 4. The van der Waals surface area contributed by atoms with Crippen LogP contribution in [0.2, 0.25) is 0 Å². The highest BCUT2D eigenvalue weighted by Crippen LogP contribution is 2.75. The second kappa shape index (κ2) is 40.6. The number of Topliss-reactive ketones (excluding diaryl/α,β-unsaturated/α-hetero) is 1. The number of aliphatic hydroxyl groups excluding tert-OH is 1. The van der Waals surface area contributed by atoms with Gasteiger partial charge in [0.1, 0.15) is 18.0 Å². The summed E-state index contributed by atoms with van der Waals surface area (Å²) < 4.78 is 11.0. The maximum Gasteiger partial charge on any atom is 0.333 e. The SMILES string of the molecule is C=C(C)C(=O)N(CC)C1CC2C(C(C)=O)CC1(C)C2(C)C.C=C(C)C(=O)N(CC)C1CC2CCC1(C)C2(C)C.C=C(C)C(=O)NC1CC2C(N)CC1(C)C2(C)C.C=C(C)C(=O)OC1CC2C(C#N)CC1(C)C2(C)C.C=CC(=O)N(C)C1CC2C(C(=O)O)CC1(C)C2(C)C.C=CC(=O)N(C)C1CC2CCC1(C)C2(C)C.C=CC(=O)NC1CC2C(Cl)CC1(C)C2(C)C.C=CC(=O)OC1CC2C(O)CC1(C)C2(C)C. The van der Waals surface area contributed by atoms with Gasteiger partial charge >= 0.3 is 17.9 Å². The van der Waals surface area contributed by atoms with Gasteiger partial charge in [-0.1, -0.05) is 219 Å². The molecule has 0 spiro atoms. The van der Waals surface area contributed by atoms with Gasteiger partial charge in [-0.2, -0.15) is 5.26 Å². The first-order chi connectivity index (χ1) is 64.4. The Morgan fingerprint density at radius 1 is 0.433 bits per heavy atom. The van der Waals surface area contributed by atoms with E-state index in [9.17, 15) is 63.4 Å². The second-order valence-electron chi connectivity index (χ2n) is 53.0. The van der Waals surface area contributed by atoms with E-state index >= 15 is 0 Å². The number of hydrogen-bond donors (Lipinski definition) is 5. The van der Waals surface area contributed by atoms with E-state index in [0.717, 1.165) is 89.0 Å². The number of carbonyl (C=O) groups is 10. The predicted molar refractivity (Wildman–Crippen MR) is 563 cm³/mol. The fraction of sp³-hybridized carbons (Fsp3) is 0.771. The molecule has 0 aromatic rings. The molecular formula is C118H187ClN8O14. The number of aliphatic hydroxyl groups is 1. The van der Waals surface area contributed by atoms with Crippen LogP contribution < -0.4 is 16.4 Å². The molecule has 16 rings (SSSR count). The summed E-state index contributed by atoms with van der Waals surface area (Å²) in [6.45, 7) is 97.5. The lowest BCUT2D eigenvalue weighted by Gasteiger charge is -2.44. The molecule has 16 bridgehead atoms. The maximum absolute atomic E-state index is 12.5. The van der Waals surface area contributed by atoms with Crippen LogP contribution in [0.5, 0.6) is 0 Å². The van der Waals surface area contributed by atoms with Crippen molar-refractivity contribution in [2.24, 2.45) is 157 Å². The number of halogens is 1. The molecule has 0 saturated heterocycles. The number of nitrogens with zero attached hydrogens (tertiary/aromatic N) is 5. The number of carboxylic acid groups (broad SMARTS) is 1. The van der Waals surface area contributed by atoms with E-state index in [-0.39, 0.29) is 207 Å². The number of nitrogens with one attached hydrogen (secondary N) is 2. The van der Waals surface area contributed by atoms with Crippen LogP contribution in [-0.4, -0.2) is 182 Å². The van der Waals surface area contributed by atoms with E-state index in [4.69, 9.17) is 26.8 Å². The lowest BCUT2D eigenvalue weighted by Crippen LogP contribution is -2.50. The second-order valence-corrected chi connectivity index (χ2v) is 53.5. The largest absolute Gasteiger partial charge is 0.481 e. The van der Waals surface area contributed by atoms with E-state index in [1.54, 1.807) is 39.6 Å². The van der Waals surface area contributed by atoms with E-state index in [1.165, 1.54) is 62.8 Å². The minimum Gasteiger partial charge on any atom is -0.481 e. The molecule has 22 nitrogen and oxygen atoms in total. The molecule has 0 aromatic heterocycles. The van der Waals surface area contributed by atoms with Gasteiger partial charge in [-0.25, -0.2) is 9.59 Å². The molecule has 6 N–H and O–H groups in total. The molecule has 790 valence electrons. The minimum atomic E-state index is -0.696.